The molecule has 3 rings (SSSR count). The largest absolute Gasteiger partial charge is 0.495 e. The maximum Gasteiger partial charge on any atom is 0.495 e. The smallest absolute Gasteiger partial charge is 0.399 e. The van der Waals surface area contributed by atoms with Gasteiger partial charge in [-0.1, -0.05) is 18.2 Å². The van der Waals surface area contributed by atoms with Crippen molar-refractivity contribution < 1.29 is 9.31 Å². The van der Waals surface area contributed by atoms with Gasteiger partial charge in [0.2, 0.25) is 0 Å². The first-order valence-corrected chi connectivity index (χ1v) is 7.05. The second kappa shape index (κ2) is 4.08. The molecule has 19 heavy (non-hydrogen) atoms. The van der Waals surface area contributed by atoms with Crippen LogP contribution >= 0.6 is 0 Å². The van der Waals surface area contributed by atoms with Gasteiger partial charge in [-0.15, -0.1) is 0 Å². The SMILES string of the molecule is CC1(C)OB(c2cccc3c2CC[C@H]3N)OC1(C)C. The van der Waals surface area contributed by atoms with Gasteiger partial charge in [0, 0.05) is 6.04 Å². The van der Waals surface area contributed by atoms with Crippen LogP contribution in [0.3, 0.4) is 0 Å². The summed E-state index contributed by atoms with van der Waals surface area (Å²) in [6, 6.07) is 6.46. The van der Waals surface area contributed by atoms with Crippen LogP contribution in [0.15, 0.2) is 18.2 Å². The van der Waals surface area contributed by atoms with Gasteiger partial charge in [0.15, 0.2) is 0 Å². The molecule has 1 aromatic carbocycles. The Labute approximate surface area is 115 Å². The van der Waals surface area contributed by atoms with Crippen molar-refractivity contribution in [1.82, 2.24) is 0 Å². The third kappa shape index (κ3) is 1.94. The van der Waals surface area contributed by atoms with Crippen molar-refractivity contribution in [2.24, 2.45) is 5.73 Å². The van der Waals surface area contributed by atoms with Crippen LogP contribution in [0.5, 0.6) is 0 Å². The van der Waals surface area contributed by atoms with Gasteiger partial charge >= 0.3 is 7.12 Å². The third-order valence-corrected chi connectivity index (χ3v) is 4.86. The van der Waals surface area contributed by atoms with Crippen LogP contribution in [0.2, 0.25) is 0 Å². The van der Waals surface area contributed by atoms with Crippen LogP contribution in [0.4, 0.5) is 0 Å². The van der Waals surface area contributed by atoms with E-state index in [9.17, 15) is 0 Å². The second-order valence-electron chi connectivity index (χ2n) is 6.65. The summed E-state index contributed by atoms with van der Waals surface area (Å²) in [5.41, 5.74) is 9.30. The fourth-order valence-electron chi connectivity index (χ4n) is 2.91. The molecule has 0 unspecified atom stereocenters. The minimum absolute atomic E-state index is 0.164. The molecule has 2 N–H and O–H groups in total. The number of rotatable bonds is 1. The molecule has 1 atom stereocenters. The Morgan fingerprint density at radius 3 is 2.42 bits per heavy atom. The Bertz CT molecular complexity index is 497. The summed E-state index contributed by atoms with van der Waals surface area (Å²) in [4.78, 5) is 0. The zero-order valence-corrected chi connectivity index (χ0v) is 12.2. The standard InChI is InChI=1S/C15H22BNO2/c1-14(2)15(3,4)19-16(18-14)12-7-5-6-11-10(12)8-9-13(11)17/h5-7,13H,8-9,17H2,1-4H3/t13-/m1/s1. The predicted molar refractivity (Wildman–Crippen MR) is 77.4 cm³/mol. The van der Waals surface area contributed by atoms with Crippen LogP contribution in [-0.2, 0) is 15.7 Å². The molecular weight excluding hydrogens is 237 g/mol. The Morgan fingerprint density at radius 1 is 1.16 bits per heavy atom. The van der Waals surface area contributed by atoms with Gasteiger partial charge < -0.3 is 15.0 Å². The maximum atomic E-state index is 6.15. The molecular formula is C15H22BNO2. The number of nitrogens with two attached hydrogens (primary N) is 1. The first kappa shape index (κ1) is 13.2. The summed E-state index contributed by atoms with van der Waals surface area (Å²) in [6.07, 6.45) is 2.04. The van der Waals surface area contributed by atoms with E-state index in [4.69, 9.17) is 15.0 Å². The van der Waals surface area contributed by atoms with Crippen molar-refractivity contribution in [3.05, 3.63) is 29.3 Å². The van der Waals surface area contributed by atoms with Crippen molar-refractivity contribution in [3.8, 4) is 0 Å². The van der Waals surface area contributed by atoms with Crippen molar-refractivity contribution >= 4 is 12.6 Å². The van der Waals surface area contributed by atoms with Gasteiger partial charge in [0.05, 0.1) is 11.2 Å². The summed E-state index contributed by atoms with van der Waals surface area (Å²) in [6.45, 7) is 8.34. The van der Waals surface area contributed by atoms with Crippen molar-refractivity contribution in [2.45, 2.75) is 57.8 Å². The van der Waals surface area contributed by atoms with E-state index >= 15 is 0 Å². The minimum atomic E-state index is -0.291. The molecule has 0 aromatic heterocycles. The van der Waals surface area contributed by atoms with Gasteiger partial charge in [-0.25, -0.2) is 0 Å². The molecule has 1 aromatic rings. The van der Waals surface area contributed by atoms with E-state index in [1.807, 2.05) is 0 Å². The van der Waals surface area contributed by atoms with Crippen molar-refractivity contribution in [2.75, 3.05) is 0 Å². The predicted octanol–water partition coefficient (Wildman–Crippen LogP) is 1.93. The van der Waals surface area contributed by atoms with Crippen LogP contribution < -0.4 is 11.2 Å². The molecule has 0 spiro atoms. The third-order valence-electron chi connectivity index (χ3n) is 4.86. The molecule has 1 fully saturated rings. The van der Waals surface area contributed by atoms with Crippen LogP contribution in [-0.4, -0.2) is 18.3 Å². The lowest BCUT2D eigenvalue weighted by Gasteiger charge is -2.32. The van der Waals surface area contributed by atoms with E-state index in [-0.39, 0.29) is 24.4 Å². The molecule has 0 saturated carbocycles. The molecule has 0 amide bonds. The summed E-state index contributed by atoms with van der Waals surface area (Å²) < 4.78 is 12.3. The molecule has 0 bridgehead atoms. The minimum Gasteiger partial charge on any atom is -0.399 e. The highest BCUT2D eigenvalue weighted by Crippen LogP contribution is 2.37. The van der Waals surface area contributed by atoms with E-state index in [0.29, 0.717) is 0 Å². The van der Waals surface area contributed by atoms with E-state index < -0.39 is 0 Å². The Hall–Kier alpha value is -0.835. The molecule has 3 nitrogen and oxygen atoms in total. The molecule has 2 aliphatic rings. The highest BCUT2D eigenvalue weighted by Gasteiger charge is 2.52. The Kier molecular flexibility index (Phi) is 2.82. The zero-order valence-electron chi connectivity index (χ0n) is 12.2. The van der Waals surface area contributed by atoms with Crippen LogP contribution in [0.25, 0.3) is 0 Å². The number of hydrogen-bond donors (Lipinski definition) is 1. The van der Waals surface area contributed by atoms with E-state index in [1.54, 1.807) is 0 Å². The quantitative estimate of drug-likeness (QED) is 0.784. The van der Waals surface area contributed by atoms with Gasteiger partial charge in [-0.3, -0.25) is 0 Å². The summed E-state index contributed by atoms with van der Waals surface area (Å²) in [5.74, 6) is 0. The molecule has 1 aliphatic carbocycles. The molecule has 102 valence electrons. The first-order valence-electron chi connectivity index (χ1n) is 7.05. The highest BCUT2D eigenvalue weighted by atomic mass is 16.7. The number of fused-ring (bicyclic) bond motifs is 1. The van der Waals surface area contributed by atoms with E-state index in [2.05, 4.69) is 45.9 Å². The van der Waals surface area contributed by atoms with Crippen LogP contribution in [0.1, 0.15) is 51.3 Å². The monoisotopic (exact) mass is 259 g/mol. The van der Waals surface area contributed by atoms with Crippen LogP contribution in [0, 0.1) is 0 Å². The lowest BCUT2D eigenvalue weighted by atomic mass is 9.75. The van der Waals surface area contributed by atoms with E-state index in [0.717, 1.165) is 18.3 Å². The summed E-state index contributed by atoms with van der Waals surface area (Å²) >= 11 is 0. The number of benzene rings is 1. The number of hydrogen-bond acceptors (Lipinski definition) is 3. The lowest BCUT2D eigenvalue weighted by molar-refractivity contribution is 0.00578. The summed E-state index contributed by atoms with van der Waals surface area (Å²) in [7, 11) is -0.273. The van der Waals surface area contributed by atoms with Crippen molar-refractivity contribution in [1.29, 1.82) is 0 Å². The molecule has 1 aliphatic heterocycles. The highest BCUT2D eigenvalue weighted by molar-refractivity contribution is 6.62. The molecule has 1 heterocycles. The topological polar surface area (TPSA) is 44.5 Å². The summed E-state index contributed by atoms with van der Waals surface area (Å²) in [5, 5.41) is 0. The normalized spacial score (nSPS) is 27.6. The second-order valence-corrected chi connectivity index (χ2v) is 6.65. The molecule has 0 radical (unpaired) electrons. The first-order chi connectivity index (χ1) is 8.82. The van der Waals surface area contributed by atoms with Gasteiger partial charge in [0.1, 0.15) is 0 Å². The lowest BCUT2D eigenvalue weighted by Crippen LogP contribution is -2.41. The van der Waals surface area contributed by atoms with Gasteiger partial charge in [0.25, 0.3) is 0 Å². The fourth-order valence-corrected chi connectivity index (χ4v) is 2.91. The average Bonchev–Trinajstić information content (AvgIpc) is 2.78. The zero-order chi connectivity index (χ0) is 13.8. The average molecular weight is 259 g/mol. The Morgan fingerprint density at radius 2 is 1.79 bits per heavy atom. The van der Waals surface area contributed by atoms with E-state index in [1.165, 1.54) is 11.1 Å². The maximum absolute atomic E-state index is 6.15. The van der Waals surface area contributed by atoms with Crippen molar-refractivity contribution in [3.63, 3.8) is 0 Å². The van der Waals surface area contributed by atoms with Gasteiger partial charge in [-0.05, 0) is 57.1 Å². The molecule has 1 saturated heterocycles. The fraction of sp³-hybridized carbons (Fsp3) is 0.600. The Balaban J connectivity index is 1.98. The molecule has 4 heteroatoms. The van der Waals surface area contributed by atoms with Gasteiger partial charge in [-0.2, -0.15) is 0 Å².